The van der Waals surface area contributed by atoms with Crippen molar-refractivity contribution in [1.29, 1.82) is 0 Å². The van der Waals surface area contributed by atoms with E-state index in [0.29, 0.717) is 54.7 Å². The Balaban J connectivity index is 1.25. The number of likely N-dealkylation sites (tertiary alicyclic amines) is 1. The van der Waals surface area contributed by atoms with Crippen LogP contribution < -0.4 is 10.2 Å². The van der Waals surface area contributed by atoms with E-state index in [1.807, 2.05) is 35.2 Å². The standard InChI is InChI=1S/C23H26Cl2N4O3/c24-19-7-6-16(12-20(19)25)23(32)26-13-21(30)28-9-8-18(14-28)27-10-11-29(22(31)15-27)17-4-2-1-3-5-17/h1-5,12,18H,6-11,13-15H2,(H,26,32). The van der Waals surface area contributed by atoms with Gasteiger partial charge in [0.15, 0.2) is 0 Å². The second kappa shape index (κ2) is 10.1. The van der Waals surface area contributed by atoms with E-state index in [1.165, 1.54) is 0 Å². The minimum Gasteiger partial charge on any atom is -0.343 e. The van der Waals surface area contributed by atoms with E-state index < -0.39 is 0 Å². The van der Waals surface area contributed by atoms with Crippen molar-refractivity contribution in [1.82, 2.24) is 15.1 Å². The lowest BCUT2D eigenvalue weighted by molar-refractivity contribution is -0.131. The number of carbonyl (C=O) groups is 3. The highest BCUT2D eigenvalue weighted by molar-refractivity contribution is 6.40. The number of para-hydroxylation sites is 1. The average Bonchev–Trinajstić information content (AvgIpc) is 3.30. The van der Waals surface area contributed by atoms with Gasteiger partial charge in [0.1, 0.15) is 0 Å². The van der Waals surface area contributed by atoms with E-state index in [1.54, 1.807) is 11.0 Å². The third-order valence-corrected chi connectivity index (χ3v) is 7.04. The average molecular weight is 477 g/mol. The molecule has 32 heavy (non-hydrogen) atoms. The smallest absolute Gasteiger partial charge is 0.247 e. The van der Waals surface area contributed by atoms with Gasteiger partial charge in [0, 0.05) is 48.5 Å². The van der Waals surface area contributed by atoms with Crippen LogP contribution in [0.3, 0.4) is 0 Å². The van der Waals surface area contributed by atoms with Crippen LogP contribution >= 0.6 is 23.2 Å². The zero-order valence-electron chi connectivity index (χ0n) is 17.7. The summed E-state index contributed by atoms with van der Waals surface area (Å²) in [6, 6.07) is 9.84. The highest BCUT2D eigenvalue weighted by Gasteiger charge is 2.35. The number of rotatable bonds is 5. The highest BCUT2D eigenvalue weighted by Crippen LogP contribution is 2.29. The minimum atomic E-state index is -0.293. The van der Waals surface area contributed by atoms with Crippen LogP contribution in [0.2, 0.25) is 0 Å². The molecule has 1 aromatic carbocycles. The largest absolute Gasteiger partial charge is 0.343 e. The molecule has 1 atom stereocenters. The molecule has 3 aliphatic rings. The van der Waals surface area contributed by atoms with Crippen LogP contribution in [0.1, 0.15) is 19.3 Å². The minimum absolute atomic E-state index is 0.0569. The van der Waals surface area contributed by atoms with Crippen molar-refractivity contribution in [3.63, 3.8) is 0 Å². The van der Waals surface area contributed by atoms with Gasteiger partial charge in [-0.3, -0.25) is 19.3 Å². The van der Waals surface area contributed by atoms with E-state index in [-0.39, 0.29) is 30.3 Å². The molecule has 0 bridgehead atoms. The van der Waals surface area contributed by atoms with Gasteiger partial charge >= 0.3 is 0 Å². The molecule has 4 rings (SSSR count). The molecule has 0 radical (unpaired) electrons. The maximum Gasteiger partial charge on any atom is 0.247 e. The molecule has 0 spiro atoms. The molecular weight excluding hydrogens is 451 g/mol. The summed E-state index contributed by atoms with van der Waals surface area (Å²) in [5, 5.41) is 3.61. The van der Waals surface area contributed by atoms with Gasteiger partial charge in [-0.1, -0.05) is 41.4 Å². The number of piperazine rings is 1. The Kier molecular flexibility index (Phi) is 7.18. The van der Waals surface area contributed by atoms with E-state index >= 15 is 0 Å². The van der Waals surface area contributed by atoms with Gasteiger partial charge in [0.05, 0.1) is 18.1 Å². The van der Waals surface area contributed by atoms with Gasteiger partial charge in [-0.2, -0.15) is 0 Å². The number of carbonyl (C=O) groups excluding carboxylic acids is 3. The highest BCUT2D eigenvalue weighted by atomic mass is 35.5. The third kappa shape index (κ3) is 5.17. The molecule has 1 aliphatic carbocycles. The first-order valence-corrected chi connectivity index (χ1v) is 11.6. The van der Waals surface area contributed by atoms with Gasteiger partial charge in [0.25, 0.3) is 0 Å². The van der Waals surface area contributed by atoms with Crippen molar-refractivity contribution in [3.8, 4) is 0 Å². The normalized spacial score (nSPS) is 22.2. The van der Waals surface area contributed by atoms with E-state index in [4.69, 9.17) is 23.2 Å². The lowest BCUT2D eigenvalue weighted by Gasteiger charge is -2.37. The fraction of sp³-hybridized carbons (Fsp3) is 0.435. The molecule has 3 amide bonds. The van der Waals surface area contributed by atoms with Crippen LogP contribution in [0.15, 0.2) is 52.0 Å². The van der Waals surface area contributed by atoms with Crippen LogP contribution in [0.5, 0.6) is 0 Å². The topological polar surface area (TPSA) is 73.0 Å². The second-order valence-electron chi connectivity index (χ2n) is 8.24. The number of nitrogens with one attached hydrogen (secondary N) is 1. The van der Waals surface area contributed by atoms with Gasteiger partial charge in [0.2, 0.25) is 17.7 Å². The first-order valence-electron chi connectivity index (χ1n) is 10.8. The summed E-state index contributed by atoms with van der Waals surface area (Å²) in [6.45, 7) is 2.90. The van der Waals surface area contributed by atoms with Crippen LogP contribution in [0.4, 0.5) is 5.69 Å². The lowest BCUT2D eigenvalue weighted by atomic mass is 10.0. The van der Waals surface area contributed by atoms with Crippen LogP contribution in [-0.2, 0) is 14.4 Å². The first-order chi connectivity index (χ1) is 15.4. The number of nitrogens with zero attached hydrogens (tertiary/aromatic N) is 3. The van der Waals surface area contributed by atoms with E-state index in [9.17, 15) is 14.4 Å². The predicted octanol–water partition coefficient (Wildman–Crippen LogP) is 2.46. The van der Waals surface area contributed by atoms with Crippen LogP contribution in [-0.4, -0.2) is 72.8 Å². The number of benzene rings is 1. The van der Waals surface area contributed by atoms with Crippen molar-refractivity contribution in [2.24, 2.45) is 0 Å². The van der Waals surface area contributed by atoms with Gasteiger partial charge in [-0.05, 0) is 37.5 Å². The molecule has 2 aliphatic heterocycles. The molecule has 170 valence electrons. The molecule has 2 heterocycles. The molecule has 9 heteroatoms. The summed E-state index contributed by atoms with van der Waals surface area (Å²) >= 11 is 12.0. The summed E-state index contributed by atoms with van der Waals surface area (Å²) < 4.78 is 0. The molecular formula is C23H26Cl2N4O3. The van der Waals surface area contributed by atoms with Crippen LogP contribution in [0, 0.1) is 0 Å². The van der Waals surface area contributed by atoms with E-state index in [2.05, 4.69) is 10.2 Å². The Labute approximate surface area is 197 Å². The molecule has 0 saturated carbocycles. The third-order valence-electron chi connectivity index (χ3n) is 6.22. The number of hydrogen-bond donors (Lipinski definition) is 1. The number of allylic oxidation sites excluding steroid dienone is 3. The second-order valence-corrected chi connectivity index (χ2v) is 9.10. The lowest BCUT2D eigenvalue weighted by Crippen LogP contribution is -2.54. The van der Waals surface area contributed by atoms with Crippen LogP contribution in [0.25, 0.3) is 0 Å². The van der Waals surface area contributed by atoms with Crippen molar-refractivity contribution < 1.29 is 14.4 Å². The summed E-state index contributed by atoms with van der Waals surface area (Å²) in [5.41, 5.74) is 1.45. The number of halogens is 2. The fourth-order valence-electron chi connectivity index (χ4n) is 4.38. The Bertz CT molecular complexity index is 963. The molecule has 2 fully saturated rings. The Morgan fingerprint density at radius 2 is 1.84 bits per heavy atom. The summed E-state index contributed by atoms with van der Waals surface area (Å²) in [4.78, 5) is 43.4. The Morgan fingerprint density at radius 3 is 2.56 bits per heavy atom. The van der Waals surface area contributed by atoms with Crippen molar-refractivity contribution in [2.75, 3.05) is 44.2 Å². The number of anilines is 1. The zero-order valence-corrected chi connectivity index (χ0v) is 19.2. The van der Waals surface area contributed by atoms with Crippen molar-refractivity contribution in [3.05, 3.63) is 52.0 Å². The predicted molar refractivity (Wildman–Crippen MR) is 124 cm³/mol. The van der Waals surface area contributed by atoms with Gasteiger partial charge in [-0.15, -0.1) is 0 Å². The Morgan fingerprint density at radius 1 is 1.06 bits per heavy atom. The molecule has 2 saturated heterocycles. The monoisotopic (exact) mass is 476 g/mol. The fourth-order valence-corrected chi connectivity index (χ4v) is 4.75. The number of hydrogen-bond acceptors (Lipinski definition) is 4. The maximum absolute atomic E-state index is 12.7. The molecule has 1 aromatic rings. The summed E-state index contributed by atoms with van der Waals surface area (Å²) in [6.07, 6.45) is 3.41. The molecule has 7 nitrogen and oxygen atoms in total. The number of amides is 3. The Hall–Kier alpha value is -2.35. The maximum atomic E-state index is 12.7. The summed E-state index contributed by atoms with van der Waals surface area (Å²) in [5.74, 6) is -0.335. The van der Waals surface area contributed by atoms with Crippen molar-refractivity contribution >= 4 is 46.6 Å². The molecule has 0 aromatic heterocycles. The van der Waals surface area contributed by atoms with Gasteiger partial charge < -0.3 is 15.1 Å². The van der Waals surface area contributed by atoms with Gasteiger partial charge in [-0.25, -0.2) is 0 Å². The molecule has 1 unspecified atom stereocenters. The quantitative estimate of drug-likeness (QED) is 0.708. The van der Waals surface area contributed by atoms with Crippen molar-refractivity contribution in [2.45, 2.75) is 25.3 Å². The zero-order chi connectivity index (χ0) is 22.7. The van der Waals surface area contributed by atoms with E-state index in [0.717, 1.165) is 18.7 Å². The molecule has 1 N–H and O–H groups in total. The SMILES string of the molecule is O=C(NCC(=O)N1CCC(N2CCN(c3ccccc3)C(=O)C2)C1)C1=CC(Cl)=C(Cl)CC1. The first kappa shape index (κ1) is 22.8. The summed E-state index contributed by atoms with van der Waals surface area (Å²) in [7, 11) is 0.